The molecule has 72 valence electrons. The average Bonchev–Trinajstić information content (AvgIpc) is 2.43. The molecule has 1 fully saturated rings. The van der Waals surface area contributed by atoms with Crippen LogP contribution in [0.4, 0.5) is 0 Å². The lowest BCUT2D eigenvalue weighted by Gasteiger charge is -2.25. The highest BCUT2D eigenvalue weighted by Crippen LogP contribution is 2.25. The fraction of sp³-hybridized carbons (Fsp3) is 0.364. The predicted octanol–water partition coefficient (Wildman–Crippen LogP) is 1.69. The van der Waals surface area contributed by atoms with E-state index in [9.17, 15) is 0 Å². The van der Waals surface area contributed by atoms with Gasteiger partial charge in [-0.1, -0.05) is 12.1 Å². The maximum atomic E-state index is 5.19. The molecule has 1 aliphatic heterocycles. The van der Waals surface area contributed by atoms with E-state index in [1.807, 2.05) is 12.1 Å². The molecule has 0 saturated carbocycles. The summed E-state index contributed by atoms with van der Waals surface area (Å²) in [5.74, 6) is 1.64. The summed E-state index contributed by atoms with van der Waals surface area (Å²) in [4.78, 5) is 4.62. The number of benzene rings is 1. The normalized spacial score (nSPS) is 17.2. The van der Waals surface area contributed by atoms with Crippen molar-refractivity contribution in [1.82, 2.24) is 9.55 Å². The Kier molecular flexibility index (Phi) is 1.61. The van der Waals surface area contributed by atoms with Crippen molar-refractivity contribution in [1.29, 1.82) is 0 Å². The minimum atomic E-state index is 0.493. The van der Waals surface area contributed by atoms with Gasteiger partial charge in [-0.15, -0.1) is 0 Å². The maximum Gasteiger partial charge on any atom is 0.117 e. The van der Waals surface area contributed by atoms with E-state index in [-0.39, 0.29) is 0 Å². The second-order valence-electron chi connectivity index (χ2n) is 3.75. The molecule has 3 rings (SSSR count). The number of para-hydroxylation sites is 2. The third-order valence-corrected chi connectivity index (χ3v) is 2.82. The molecule has 0 N–H and O–H groups in total. The lowest BCUT2D eigenvalue weighted by Crippen LogP contribution is -2.27. The first-order valence-corrected chi connectivity index (χ1v) is 4.85. The third-order valence-electron chi connectivity index (χ3n) is 2.82. The SMILES string of the molecule is Cn1c(C2COC2)nc2ccccc21. The van der Waals surface area contributed by atoms with Crippen molar-refractivity contribution in [3.05, 3.63) is 30.1 Å². The number of rotatable bonds is 1. The largest absolute Gasteiger partial charge is 0.380 e. The van der Waals surface area contributed by atoms with E-state index in [0.29, 0.717) is 5.92 Å². The van der Waals surface area contributed by atoms with Crippen LogP contribution in [0.2, 0.25) is 0 Å². The third kappa shape index (κ3) is 0.990. The van der Waals surface area contributed by atoms with Crippen molar-refractivity contribution < 1.29 is 4.74 Å². The lowest BCUT2D eigenvalue weighted by molar-refractivity contribution is 0.00400. The van der Waals surface area contributed by atoms with Gasteiger partial charge in [0, 0.05) is 7.05 Å². The van der Waals surface area contributed by atoms with Crippen molar-refractivity contribution in [2.75, 3.05) is 13.2 Å². The average molecular weight is 188 g/mol. The Morgan fingerprint density at radius 2 is 2.14 bits per heavy atom. The predicted molar refractivity (Wildman–Crippen MR) is 54.3 cm³/mol. The highest BCUT2D eigenvalue weighted by atomic mass is 16.5. The first-order chi connectivity index (χ1) is 6.86. The summed E-state index contributed by atoms with van der Waals surface area (Å²) in [6.07, 6.45) is 0. The molecule has 0 atom stereocenters. The number of fused-ring (bicyclic) bond motifs is 1. The molecule has 1 aromatic carbocycles. The van der Waals surface area contributed by atoms with E-state index < -0.39 is 0 Å². The molecular weight excluding hydrogens is 176 g/mol. The maximum absolute atomic E-state index is 5.19. The van der Waals surface area contributed by atoms with Gasteiger partial charge in [-0.3, -0.25) is 0 Å². The summed E-state index contributed by atoms with van der Waals surface area (Å²) in [6.45, 7) is 1.63. The molecule has 0 unspecified atom stereocenters. The van der Waals surface area contributed by atoms with E-state index in [1.165, 1.54) is 5.52 Å². The number of hydrogen-bond donors (Lipinski definition) is 0. The molecule has 3 heteroatoms. The van der Waals surface area contributed by atoms with Crippen LogP contribution in [0.25, 0.3) is 11.0 Å². The molecule has 3 nitrogen and oxygen atoms in total. The summed E-state index contributed by atoms with van der Waals surface area (Å²) in [6, 6.07) is 8.23. The van der Waals surface area contributed by atoms with E-state index in [0.717, 1.165) is 24.6 Å². The zero-order valence-corrected chi connectivity index (χ0v) is 8.10. The van der Waals surface area contributed by atoms with Crippen LogP contribution in [-0.4, -0.2) is 22.8 Å². The first kappa shape index (κ1) is 8.00. The summed E-state index contributed by atoms with van der Waals surface area (Å²) in [5.41, 5.74) is 2.28. The van der Waals surface area contributed by atoms with Gasteiger partial charge in [-0.2, -0.15) is 0 Å². The van der Waals surface area contributed by atoms with Crippen LogP contribution in [-0.2, 0) is 11.8 Å². The molecule has 0 amide bonds. The molecule has 1 aromatic heterocycles. The highest BCUT2D eigenvalue weighted by molar-refractivity contribution is 5.75. The lowest BCUT2D eigenvalue weighted by atomic mass is 10.1. The Balaban J connectivity index is 2.19. The molecule has 0 aliphatic carbocycles. The Bertz CT molecular complexity index is 471. The van der Waals surface area contributed by atoms with E-state index in [1.54, 1.807) is 0 Å². The molecule has 2 aromatic rings. The molecule has 1 aliphatic rings. The van der Waals surface area contributed by atoms with Gasteiger partial charge in [0.1, 0.15) is 5.82 Å². The van der Waals surface area contributed by atoms with Crippen molar-refractivity contribution in [3.8, 4) is 0 Å². The van der Waals surface area contributed by atoms with Crippen LogP contribution >= 0.6 is 0 Å². The minimum Gasteiger partial charge on any atom is -0.380 e. The topological polar surface area (TPSA) is 27.1 Å². The summed E-state index contributed by atoms with van der Waals surface area (Å²) in [7, 11) is 2.07. The number of aryl methyl sites for hydroxylation is 1. The van der Waals surface area contributed by atoms with E-state index in [2.05, 4.69) is 28.7 Å². The summed E-state index contributed by atoms with van der Waals surface area (Å²) < 4.78 is 7.36. The Hall–Kier alpha value is -1.35. The molecule has 0 bridgehead atoms. The van der Waals surface area contributed by atoms with Gasteiger partial charge in [0.2, 0.25) is 0 Å². The van der Waals surface area contributed by atoms with Gasteiger partial charge < -0.3 is 9.30 Å². The van der Waals surface area contributed by atoms with Crippen molar-refractivity contribution in [3.63, 3.8) is 0 Å². The van der Waals surface area contributed by atoms with Gasteiger partial charge in [0.05, 0.1) is 30.2 Å². The molecule has 14 heavy (non-hydrogen) atoms. The fourth-order valence-corrected chi connectivity index (χ4v) is 1.91. The fourth-order valence-electron chi connectivity index (χ4n) is 1.91. The standard InChI is InChI=1S/C11H12N2O/c1-13-10-5-3-2-4-9(10)12-11(13)8-6-14-7-8/h2-5,8H,6-7H2,1H3. The number of ether oxygens (including phenoxy) is 1. The molecule has 1 saturated heterocycles. The van der Waals surface area contributed by atoms with Gasteiger partial charge in [-0.25, -0.2) is 4.98 Å². The summed E-state index contributed by atoms with van der Waals surface area (Å²) >= 11 is 0. The number of imidazole rings is 1. The van der Waals surface area contributed by atoms with E-state index in [4.69, 9.17) is 4.74 Å². The zero-order chi connectivity index (χ0) is 9.54. The highest BCUT2D eigenvalue weighted by Gasteiger charge is 2.25. The van der Waals surface area contributed by atoms with Crippen LogP contribution in [0.3, 0.4) is 0 Å². The molecular formula is C11H12N2O. The van der Waals surface area contributed by atoms with Crippen LogP contribution in [0.5, 0.6) is 0 Å². The first-order valence-electron chi connectivity index (χ1n) is 4.85. The number of aromatic nitrogens is 2. The molecule has 0 radical (unpaired) electrons. The smallest absolute Gasteiger partial charge is 0.117 e. The van der Waals surface area contributed by atoms with Gasteiger partial charge >= 0.3 is 0 Å². The van der Waals surface area contributed by atoms with Gasteiger partial charge in [-0.05, 0) is 12.1 Å². The van der Waals surface area contributed by atoms with Crippen LogP contribution in [0.1, 0.15) is 11.7 Å². The minimum absolute atomic E-state index is 0.493. The Morgan fingerprint density at radius 1 is 1.36 bits per heavy atom. The van der Waals surface area contributed by atoms with Crippen LogP contribution in [0.15, 0.2) is 24.3 Å². The van der Waals surface area contributed by atoms with Crippen LogP contribution in [0, 0.1) is 0 Å². The second kappa shape index (κ2) is 2.82. The quantitative estimate of drug-likeness (QED) is 0.681. The van der Waals surface area contributed by atoms with Gasteiger partial charge in [0.15, 0.2) is 0 Å². The summed E-state index contributed by atoms with van der Waals surface area (Å²) in [5, 5.41) is 0. The Morgan fingerprint density at radius 3 is 2.79 bits per heavy atom. The number of nitrogens with zero attached hydrogens (tertiary/aromatic N) is 2. The van der Waals surface area contributed by atoms with Crippen molar-refractivity contribution >= 4 is 11.0 Å². The van der Waals surface area contributed by atoms with Crippen molar-refractivity contribution in [2.45, 2.75) is 5.92 Å². The van der Waals surface area contributed by atoms with E-state index >= 15 is 0 Å². The van der Waals surface area contributed by atoms with Crippen LogP contribution < -0.4 is 0 Å². The Labute approximate surface area is 82.3 Å². The second-order valence-corrected chi connectivity index (χ2v) is 3.75. The van der Waals surface area contributed by atoms with Crippen molar-refractivity contribution in [2.24, 2.45) is 7.05 Å². The zero-order valence-electron chi connectivity index (χ0n) is 8.10. The number of hydrogen-bond acceptors (Lipinski definition) is 2. The molecule has 2 heterocycles. The van der Waals surface area contributed by atoms with Gasteiger partial charge in [0.25, 0.3) is 0 Å². The monoisotopic (exact) mass is 188 g/mol. The molecule has 0 spiro atoms.